The maximum Gasteiger partial charge on any atom is 0.164 e. The minimum Gasteiger partial charge on any atom is -0.367 e. The van der Waals surface area contributed by atoms with E-state index in [0.29, 0.717) is 13.1 Å². The van der Waals surface area contributed by atoms with Gasteiger partial charge in [0, 0.05) is 19.6 Å². The smallest absolute Gasteiger partial charge is 0.164 e. The van der Waals surface area contributed by atoms with E-state index in [1.807, 2.05) is 35.2 Å². The monoisotopic (exact) mass is 207 g/mol. The summed E-state index contributed by atoms with van der Waals surface area (Å²) in [5, 5.41) is 17.8. The average molecular weight is 207 g/mol. The molecule has 0 aliphatic heterocycles. The molecule has 1 rings (SSSR count). The van der Waals surface area contributed by atoms with Crippen LogP contribution in [0.25, 0.3) is 0 Å². The summed E-state index contributed by atoms with van der Waals surface area (Å²) in [5.41, 5.74) is 1.15. The lowest BCUT2D eigenvalue weighted by molar-refractivity contribution is -0.0608. The van der Waals surface area contributed by atoms with Gasteiger partial charge < -0.3 is 10.2 Å². The van der Waals surface area contributed by atoms with E-state index in [2.05, 4.69) is 6.58 Å². The Hall–Kier alpha value is -1.16. The third kappa shape index (κ3) is 4.74. The molecule has 1 aromatic carbocycles. The van der Waals surface area contributed by atoms with Gasteiger partial charge in [0.15, 0.2) is 6.29 Å². The molecule has 1 aromatic rings. The third-order valence-corrected chi connectivity index (χ3v) is 2.06. The quantitative estimate of drug-likeness (QED) is 0.540. The van der Waals surface area contributed by atoms with E-state index < -0.39 is 6.29 Å². The van der Waals surface area contributed by atoms with Crippen LogP contribution in [0.1, 0.15) is 5.56 Å². The van der Waals surface area contributed by atoms with E-state index in [9.17, 15) is 0 Å². The van der Waals surface area contributed by atoms with Gasteiger partial charge in [-0.3, -0.25) is 4.90 Å². The minimum atomic E-state index is -1.30. The van der Waals surface area contributed by atoms with Gasteiger partial charge in [-0.1, -0.05) is 36.4 Å². The highest BCUT2D eigenvalue weighted by Gasteiger charge is 2.07. The van der Waals surface area contributed by atoms with Gasteiger partial charge in [-0.2, -0.15) is 0 Å². The van der Waals surface area contributed by atoms with Crippen LogP contribution in [-0.4, -0.2) is 34.5 Å². The van der Waals surface area contributed by atoms with Gasteiger partial charge in [-0.05, 0) is 5.56 Å². The molecule has 0 bridgehead atoms. The number of aliphatic hydroxyl groups excluding tert-OH is 1. The van der Waals surface area contributed by atoms with Gasteiger partial charge in [-0.25, -0.2) is 0 Å². The molecule has 0 aliphatic rings. The molecule has 0 fully saturated rings. The lowest BCUT2D eigenvalue weighted by atomic mass is 10.2. The first-order chi connectivity index (χ1) is 7.22. The third-order valence-electron chi connectivity index (χ3n) is 2.06. The van der Waals surface area contributed by atoms with Crippen LogP contribution in [0.4, 0.5) is 0 Å². The molecule has 0 aromatic heterocycles. The second kappa shape index (κ2) is 6.35. The first-order valence-corrected chi connectivity index (χ1v) is 4.95. The highest BCUT2D eigenvalue weighted by Crippen LogP contribution is 2.04. The highest BCUT2D eigenvalue weighted by atomic mass is 16.5. The fourth-order valence-corrected chi connectivity index (χ4v) is 1.46. The Labute approximate surface area is 90.3 Å². The Balaban J connectivity index is 2.54. The molecule has 3 nitrogen and oxygen atoms in total. The zero-order chi connectivity index (χ0) is 11.1. The van der Waals surface area contributed by atoms with Crippen LogP contribution in [-0.2, 0) is 6.54 Å². The maximum atomic E-state index is 8.91. The second-order valence-corrected chi connectivity index (χ2v) is 3.45. The Morgan fingerprint density at radius 1 is 1.27 bits per heavy atom. The number of benzene rings is 1. The zero-order valence-electron chi connectivity index (χ0n) is 8.71. The Kier molecular flexibility index (Phi) is 5.04. The Bertz CT molecular complexity index is 285. The highest BCUT2D eigenvalue weighted by molar-refractivity contribution is 5.14. The molecule has 82 valence electrons. The predicted molar refractivity (Wildman–Crippen MR) is 60.1 cm³/mol. The Morgan fingerprint density at radius 2 is 1.93 bits per heavy atom. The van der Waals surface area contributed by atoms with Gasteiger partial charge >= 0.3 is 0 Å². The SMILES string of the molecule is C=CCN(Cc1ccccc1)CC(O)O. The molecule has 3 heteroatoms. The van der Waals surface area contributed by atoms with Crippen LogP contribution in [0.3, 0.4) is 0 Å². The average Bonchev–Trinajstić information content (AvgIpc) is 2.18. The van der Waals surface area contributed by atoms with Crippen molar-refractivity contribution in [2.45, 2.75) is 12.8 Å². The second-order valence-electron chi connectivity index (χ2n) is 3.45. The van der Waals surface area contributed by atoms with Crippen molar-refractivity contribution in [1.29, 1.82) is 0 Å². The van der Waals surface area contributed by atoms with E-state index in [1.165, 1.54) is 0 Å². The molecule has 0 unspecified atom stereocenters. The molecule has 2 N–H and O–H groups in total. The fourth-order valence-electron chi connectivity index (χ4n) is 1.46. The summed E-state index contributed by atoms with van der Waals surface area (Å²) < 4.78 is 0. The summed E-state index contributed by atoms with van der Waals surface area (Å²) in [7, 11) is 0. The van der Waals surface area contributed by atoms with Gasteiger partial charge in [0.25, 0.3) is 0 Å². The molecule has 0 atom stereocenters. The minimum absolute atomic E-state index is 0.237. The summed E-state index contributed by atoms with van der Waals surface area (Å²) >= 11 is 0. The molecule has 0 saturated carbocycles. The Morgan fingerprint density at radius 3 is 2.47 bits per heavy atom. The summed E-state index contributed by atoms with van der Waals surface area (Å²) in [6.07, 6.45) is 0.458. The van der Waals surface area contributed by atoms with Gasteiger partial charge in [0.1, 0.15) is 0 Å². The maximum absolute atomic E-state index is 8.91. The van der Waals surface area contributed by atoms with Gasteiger partial charge in [0.05, 0.1) is 0 Å². The number of nitrogens with zero attached hydrogens (tertiary/aromatic N) is 1. The van der Waals surface area contributed by atoms with E-state index >= 15 is 0 Å². The molecular formula is C12H17NO2. The first-order valence-electron chi connectivity index (χ1n) is 4.95. The van der Waals surface area contributed by atoms with Gasteiger partial charge in [0.2, 0.25) is 0 Å². The normalized spacial score (nSPS) is 10.9. The van der Waals surface area contributed by atoms with Crippen molar-refractivity contribution >= 4 is 0 Å². The summed E-state index contributed by atoms with van der Waals surface area (Å²) in [6.45, 7) is 5.23. The summed E-state index contributed by atoms with van der Waals surface area (Å²) in [6, 6.07) is 9.93. The standard InChI is InChI=1S/C12H17NO2/c1-2-8-13(10-12(14)15)9-11-6-4-3-5-7-11/h2-7,12,14-15H,1,8-10H2. The van der Waals surface area contributed by atoms with E-state index in [4.69, 9.17) is 10.2 Å². The lowest BCUT2D eigenvalue weighted by Gasteiger charge is -2.21. The molecule has 0 heterocycles. The van der Waals surface area contributed by atoms with E-state index in [0.717, 1.165) is 5.56 Å². The summed E-state index contributed by atoms with van der Waals surface area (Å²) in [4.78, 5) is 1.92. The van der Waals surface area contributed by atoms with Gasteiger partial charge in [-0.15, -0.1) is 6.58 Å². The van der Waals surface area contributed by atoms with Crippen molar-refractivity contribution in [2.24, 2.45) is 0 Å². The molecule has 0 spiro atoms. The van der Waals surface area contributed by atoms with Crippen molar-refractivity contribution in [3.05, 3.63) is 48.6 Å². The topological polar surface area (TPSA) is 43.7 Å². The van der Waals surface area contributed by atoms with Crippen molar-refractivity contribution in [1.82, 2.24) is 4.90 Å². The van der Waals surface area contributed by atoms with Crippen LogP contribution in [0, 0.1) is 0 Å². The van der Waals surface area contributed by atoms with Crippen molar-refractivity contribution in [3.8, 4) is 0 Å². The molecule has 15 heavy (non-hydrogen) atoms. The largest absolute Gasteiger partial charge is 0.367 e. The van der Waals surface area contributed by atoms with Crippen LogP contribution in [0.15, 0.2) is 43.0 Å². The zero-order valence-corrected chi connectivity index (χ0v) is 8.71. The number of hydrogen-bond donors (Lipinski definition) is 2. The first kappa shape index (κ1) is 11.9. The van der Waals surface area contributed by atoms with Crippen molar-refractivity contribution in [2.75, 3.05) is 13.1 Å². The number of hydrogen-bond acceptors (Lipinski definition) is 3. The molecular weight excluding hydrogens is 190 g/mol. The van der Waals surface area contributed by atoms with Crippen molar-refractivity contribution in [3.63, 3.8) is 0 Å². The summed E-state index contributed by atoms with van der Waals surface area (Å²) in [5.74, 6) is 0. The molecule has 0 radical (unpaired) electrons. The van der Waals surface area contributed by atoms with Crippen LogP contribution in [0.5, 0.6) is 0 Å². The fraction of sp³-hybridized carbons (Fsp3) is 0.333. The van der Waals surface area contributed by atoms with Crippen LogP contribution < -0.4 is 0 Å². The van der Waals surface area contributed by atoms with Crippen LogP contribution in [0.2, 0.25) is 0 Å². The molecule has 0 amide bonds. The lowest BCUT2D eigenvalue weighted by Crippen LogP contribution is -2.32. The predicted octanol–water partition coefficient (Wildman–Crippen LogP) is 0.985. The number of rotatable bonds is 6. The van der Waals surface area contributed by atoms with Crippen molar-refractivity contribution < 1.29 is 10.2 Å². The number of aliphatic hydroxyl groups is 2. The van der Waals surface area contributed by atoms with E-state index in [-0.39, 0.29) is 6.54 Å². The van der Waals surface area contributed by atoms with Crippen LogP contribution >= 0.6 is 0 Å². The molecule has 0 aliphatic carbocycles. The molecule has 0 saturated heterocycles. The van der Waals surface area contributed by atoms with E-state index in [1.54, 1.807) is 6.08 Å².